The van der Waals surface area contributed by atoms with E-state index in [1.165, 1.54) is 25.3 Å². The van der Waals surface area contributed by atoms with E-state index in [9.17, 15) is 24.8 Å². The first-order valence-electron chi connectivity index (χ1n) is 7.46. The highest BCUT2D eigenvalue weighted by atomic mass is 16.6. The molecule has 0 spiro atoms. The van der Waals surface area contributed by atoms with Crippen molar-refractivity contribution >= 4 is 23.3 Å². The van der Waals surface area contributed by atoms with Crippen molar-refractivity contribution in [1.29, 1.82) is 0 Å². The second-order valence-corrected chi connectivity index (χ2v) is 5.97. The lowest BCUT2D eigenvalue weighted by Crippen LogP contribution is -2.36. The Kier molecular flexibility index (Phi) is 3.96. The number of fused-ring (bicyclic) bond motifs is 2. The first-order valence-corrected chi connectivity index (χ1v) is 7.46. The van der Waals surface area contributed by atoms with E-state index in [1.54, 1.807) is 0 Å². The van der Waals surface area contributed by atoms with Crippen molar-refractivity contribution in [2.24, 2.45) is 23.7 Å². The quantitative estimate of drug-likeness (QED) is 0.484. The van der Waals surface area contributed by atoms with Gasteiger partial charge < -0.3 is 15.2 Å². The Morgan fingerprint density at radius 1 is 1.29 bits per heavy atom. The zero-order valence-electron chi connectivity index (χ0n) is 12.8. The van der Waals surface area contributed by atoms with E-state index in [-0.39, 0.29) is 23.2 Å². The van der Waals surface area contributed by atoms with Gasteiger partial charge in [0.15, 0.2) is 0 Å². The van der Waals surface area contributed by atoms with Gasteiger partial charge in [-0.1, -0.05) is 12.2 Å². The number of hydrogen-bond donors (Lipinski definition) is 2. The predicted molar refractivity (Wildman–Crippen MR) is 83.6 cm³/mol. The summed E-state index contributed by atoms with van der Waals surface area (Å²) < 4.78 is 4.95. The van der Waals surface area contributed by atoms with Crippen molar-refractivity contribution in [3.05, 3.63) is 40.5 Å². The molecule has 4 atom stereocenters. The third-order valence-electron chi connectivity index (χ3n) is 4.71. The molecule has 4 unspecified atom stereocenters. The molecule has 1 saturated carbocycles. The lowest BCUT2D eigenvalue weighted by atomic mass is 9.82. The number of benzene rings is 1. The summed E-state index contributed by atoms with van der Waals surface area (Å²) in [5.41, 5.74) is -0.269. The van der Waals surface area contributed by atoms with Gasteiger partial charge in [0.2, 0.25) is 5.91 Å². The number of methoxy groups -OCH3 is 1. The van der Waals surface area contributed by atoms with Gasteiger partial charge in [-0.25, -0.2) is 0 Å². The van der Waals surface area contributed by atoms with E-state index in [2.05, 4.69) is 5.32 Å². The van der Waals surface area contributed by atoms with Crippen LogP contribution in [0, 0.1) is 33.8 Å². The highest BCUT2D eigenvalue weighted by Gasteiger charge is 2.51. The molecule has 0 radical (unpaired) electrons. The van der Waals surface area contributed by atoms with Gasteiger partial charge in [-0.2, -0.15) is 0 Å². The normalized spacial score (nSPS) is 27.0. The monoisotopic (exact) mass is 332 g/mol. The fourth-order valence-corrected chi connectivity index (χ4v) is 3.63. The third-order valence-corrected chi connectivity index (χ3v) is 4.71. The lowest BCUT2D eigenvalue weighted by molar-refractivity contribution is -0.384. The van der Waals surface area contributed by atoms with Gasteiger partial charge in [0, 0.05) is 0 Å². The van der Waals surface area contributed by atoms with Crippen molar-refractivity contribution < 1.29 is 24.4 Å². The van der Waals surface area contributed by atoms with Gasteiger partial charge in [-0.15, -0.1) is 0 Å². The number of anilines is 1. The number of carbonyl (C=O) groups excluding carboxylic acids is 1. The number of aliphatic carboxylic acids is 1. The van der Waals surface area contributed by atoms with Crippen LogP contribution in [0.3, 0.4) is 0 Å². The predicted octanol–water partition coefficient (Wildman–Crippen LogP) is 2.06. The van der Waals surface area contributed by atoms with Gasteiger partial charge in [-0.3, -0.25) is 19.7 Å². The molecule has 0 aliphatic heterocycles. The smallest absolute Gasteiger partial charge is 0.307 e. The average molecular weight is 332 g/mol. The maximum atomic E-state index is 12.6. The molecule has 2 N–H and O–H groups in total. The zero-order chi connectivity index (χ0) is 17.4. The van der Waals surface area contributed by atoms with E-state index in [0.29, 0.717) is 12.2 Å². The van der Waals surface area contributed by atoms with Gasteiger partial charge >= 0.3 is 5.97 Å². The Morgan fingerprint density at radius 2 is 1.96 bits per heavy atom. The van der Waals surface area contributed by atoms with Gasteiger partial charge in [-0.05, 0) is 30.4 Å². The molecule has 2 bridgehead atoms. The first-order chi connectivity index (χ1) is 11.4. The van der Waals surface area contributed by atoms with Crippen molar-refractivity contribution in [1.82, 2.24) is 0 Å². The summed E-state index contributed by atoms with van der Waals surface area (Å²) in [7, 11) is 1.39. The molecule has 8 heteroatoms. The number of nitro benzene ring substituents is 1. The molecule has 8 nitrogen and oxygen atoms in total. The molecule has 24 heavy (non-hydrogen) atoms. The van der Waals surface area contributed by atoms with E-state index >= 15 is 0 Å². The topological polar surface area (TPSA) is 119 Å². The van der Waals surface area contributed by atoms with Crippen LogP contribution >= 0.6 is 0 Å². The van der Waals surface area contributed by atoms with E-state index in [0.717, 1.165) is 0 Å². The summed E-state index contributed by atoms with van der Waals surface area (Å²) in [5.74, 6) is -3.05. The average Bonchev–Trinajstić information content (AvgIpc) is 3.15. The minimum atomic E-state index is -1.02. The van der Waals surface area contributed by atoms with Crippen LogP contribution in [0.1, 0.15) is 6.42 Å². The van der Waals surface area contributed by atoms with E-state index in [4.69, 9.17) is 4.74 Å². The van der Waals surface area contributed by atoms with E-state index in [1.807, 2.05) is 12.2 Å². The number of nitrogens with one attached hydrogen (secondary N) is 1. The van der Waals surface area contributed by atoms with Crippen LogP contribution < -0.4 is 10.1 Å². The highest BCUT2D eigenvalue weighted by molar-refractivity contribution is 5.98. The van der Waals surface area contributed by atoms with Crippen LogP contribution in [0.5, 0.6) is 5.75 Å². The molecule has 1 fully saturated rings. The number of allylic oxidation sites excluding steroid dienone is 2. The maximum absolute atomic E-state index is 12.6. The fourth-order valence-electron chi connectivity index (χ4n) is 3.63. The minimum absolute atomic E-state index is 0.0293. The Labute approximate surface area is 137 Å². The summed E-state index contributed by atoms with van der Waals surface area (Å²) in [5, 5.41) is 23.1. The summed E-state index contributed by atoms with van der Waals surface area (Å²) in [6.07, 6.45) is 4.32. The Balaban J connectivity index is 1.86. The van der Waals surface area contributed by atoms with Crippen LogP contribution in [0.4, 0.5) is 11.4 Å². The number of carbonyl (C=O) groups is 2. The standard InChI is InChI=1S/C16H16N2O6/c1-24-10-4-5-11(12(7-10)18(22)23)17-15(19)13-8-2-3-9(6-8)14(13)16(20)21/h2-5,7-9,13-14H,6H2,1H3,(H,17,19)(H,20,21). The molecular weight excluding hydrogens is 316 g/mol. The van der Waals surface area contributed by atoms with Gasteiger partial charge in [0.1, 0.15) is 11.4 Å². The Bertz CT molecular complexity index is 744. The van der Waals surface area contributed by atoms with E-state index < -0.39 is 28.6 Å². The van der Waals surface area contributed by atoms with Gasteiger partial charge in [0.05, 0.1) is 29.9 Å². The molecule has 0 heterocycles. The van der Waals surface area contributed by atoms with Crippen LogP contribution in [-0.2, 0) is 9.59 Å². The van der Waals surface area contributed by atoms with Crippen molar-refractivity contribution in [2.75, 3.05) is 12.4 Å². The van der Waals surface area contributed by atoms with Crippen molar-refractivity contribution in [3.8, 4) is 5.75 Å². The lowest BCUT2D eigenvalue weighted by Gasteiger charge is -2.23. The summed E-state index contributed by atoms with van der Waals surface area (Å²) >= 11 is 0. The molecule has 3 rings (SSSR count). The third kappa shape index (κ3) is 2.60. The number of carboxylic acids is 1. The molecule has 0 saturated heterocycles. The second kappa shape index (κ2) is 5.95. The molecule has 1 aromatic carbocycles. The second-order valence-electron chi connectivity index (χ2n) is 5.97. The van der Waals surface area contributed by atoms with Crippen LogP contribution in [0.25, 0.3) is 0 Å². The van der Waals surface area contributed by atoms with Gasteiger partial charge in [0.25, 0.3) is 5.69 Å². The Hall–Kier alpha value is -2.90. The molecule has 1 aromatic rings. The number of ether oxygens (including phenoxy) is 1. The molecule has 126 valence electrons. The molecule has 1 amide bonds. The number of nitrogens with zero attached hydrogens (tertiary/aromatic N) is 1. The molecular formula is C16H16N2O6. The number of amides is 1. The molecule has 2 aliphatic carbocycles. The number of carboxylic acid groups (broad SMARTS) is 1. The zero-order valence-corrected chi connectivity index (χ0v) is 12.8. The van der Waals surface area contributed by atoms with Crippen molar-refractivity contribution in [2.45, 2.75) is 6.42 Å². The van der Waals surface area contributed by atoms with Crippen molar-refractivity contribution in [3.63, 3.8) is 0 Å². The summed E-state index contributed by atoms with van der Waals surface area (Å²) in [6, 6.07) is 4.09. The highest BCUT2D eigenvalue weighted by Crippen LogP contribution is 2.48. The largest absolute Gasteiger partial charge is 0.496 e. The number of rotatable bonds is 5. The number of nitro groups is 1. The van der Waals surface area contributed by atoms with Crippen LogP contribution in [-0.4, -0.2) is 29.0 Å². The number of hydrogen-bond acceptors (Lipinski definition) is 5. The summed E-state index contributed by atoms with van der Waals surface area (Å²) in [4.78, 5) is 34.6. The fraction of sp³-hybridized carbons (Fsp3) is 0.375. The Morgan fingerprint density at radius 3 is 2.54 bits per heavy atom. The minimum Gasteiger partial charge on any atom is -0.496 e. The maximum Gasteiger partial charge on any atom is 0.307 e. The van der Waals surface area contributed by atoms with Crippen LogP contribution in [0.15, 0.2) is 30.4 Å². The molecule has 2 aliphatic rings. The first kappa shape index (κ1) is 16.0. The summed E-state index contributed by atoms with van der Waals surface area (Å²) in [6.45, 7) is 0. The van der Waals surface area contributed by atoms with Crippen LogP contribution in [0.2, 0.25) is 0 Å². The SMILES string of the molecule is COc1ccc(NC(=O)C2C3C=CC(C3)C2C(=O)O)c([N+](=O)[O-])c1. The molecule has 0 aromatic heterocycles.